The fourth-order valence-electron chi connectivity index (χ4n) is 2.53. The van der Waals surface area contributed by atoms with Crippen molar-refractivity contribution in [3.8, 4) is 0 Å². The van der Waals surface area contributed by atoms with Gasteiger partial charge in [-0.25, -0.2) is 0 Å². The zero-order valence-corrected chi connectivity index (χ0v) is 16.8. The first-order chi connectivity index (χ1) is 12.0. The first kappa shape index (κ1) is 18.2. The molecule has 0 saturated carbocycles. The summed E-state index contributed by atoms with van der Waals surface area (Å²) in [5, 5.41) is 0.695. The van der Waals surface area contributed by atoms with Crippen LogP contribution in [0.4, 0.5) is 0 Å². The van der Waals surface area contributed by atoms with Gasteiger partial charge in [0.05, 0.1) is 16.0 Å². The molecule has 3 rings (SSSR count). The maximum atomic E-state index is 12.3. The van der Waals surface area contributed by atoms with Crippen LogP contribution in [0.2, 0.25) is 5.02 Å². The molecular formula is C19H19ClN2OS2. The van der Waals surface area contributed by atoms with Gasteiger partial charge >= 0.3 is 0 Å². The Morgan fingerprint density at radius 3 is 2.56 bits per heavy atom. The SMILES string of the molecule is CCn1c(=NC(=O)CSc2ccc(Cl)cc2)sc2cc(C)c(C)cc21. The summed E-state index contributed by atoms with van der Waals surface area (Å²) in [7, 11) is 0. The van der Waals surface area contributed by atoms with Crippen LogP contribution in [0.3, 0.4) is 0 Å². The lowest BCUT2D eigenvalue weighted by Crippen LogP contribution is -2.16. The van der Waals surface area contributed by atoms with E-state index in [1.165, 1.54) is 27.6 Å². The summed E-state index contributed by atoms with van der Waals surface area (Å²) < 4.78 is 3.28. The summed E-state index contributed by atoms with van der Waals surface area (Å²) >= 11 is 8.93. The molecule has 25 heavy (non-hydrogen) atoms. The highest BCUT2D eigenvalue weighted by atomic mass is 35.5. The van der Waals surface area contributed by atoms with Crippen molar-refractivity contribution < 1.29 is 4.79 Å². The molecule has 0 fully saturated rings. The summed E-state index contributed by atoms with van der Waals surface area (Å²) in [5.41, 5.74) is 3.66. The third-order valence-electron chi connectivity index (χ3n) is 4.01. The zero-order chi connectivity index (χ0) is 18.0. The monoisotopic (exact) mass is 390 g/mol. The summed E-state index contributed by atoms with van der Waals surface area (Å²) in [6, 6.07) is 11.8. The minimum absolute atomic E-state index is 0.123. The molecule has 0 aliphatic carbocycles. The highest BCUT2D eigenvalue weighted by Gasteiger charge is 2.09. The Morgan fingerprint density at radius 1 is 1.20 bits per heavy atom. The Kier molecular flexibility index (Phi) is 5.67. The van der Waals surface area contributed by atoms with E-state index in [-0.39, 0.29) is 5.91 Å². The number of halogens is 1. The van der Waals surface area contributed by atoms with Crippen molar-refractivity contribution >= 4 is 50.8 Å². The molecular weight excluding hydrogens is 372 g/mol. The Labute approximate surface area is 160 Å². The second-order valence-corrected chi connectivity index (χ2v) is 8.28. The van der Waals surface area contributed by atoms with Crippen LogP contribution in [0, 0.1) is 13.8 Å². The first-order valence-electron chi connectivity index (χ1n) is 8.04. The predicted octanol–water partition coefficient (Wildman–Crippen LogP) is 5.21. The number of benzene rings is 2. The van der Waals surface area contributed by atoms with Crippen LogP contribution in [0.5, 0.6) is 0 Å². The fraction of sp³-hybridized carbons (Fsp3) is 0.263. The van der Waals surface area contributed by atoms with E-state index in [0.29, 0.717) is 10.8 Å². The number of carbonyl (C=O) groups excluding carboxylic acids is 1. The number of aromatic nitrogens is 1. The van der Waals surface area contributed by atoms with Crippen LogP contribution in [0.15, 0.2) is 46.3 Å². The van der Waals surface area contributed by atoms with Gasteiger partial charge in [-0.15, -0.1) is 11.8 Å². The van der Waals surface area contributed by atoms with Crippen LogP contribution in [0.1, 0.15) is 18.1 Å². The molecule has 6 heteroatoms. The summed E-state index contributed by atoms with van der Waals surface area (Å²) in [6.07, 6.45) is 0. The highest BCUT2D eigenvalue weighted by Crippen LogP contribution is 2.23. The van der Waals surface area contributed by atoms with Gasteiger partial charge in [-0.1, -0.05) is 22.9 Å². The zero-order valence-electron chi connectivity index (χ0n) is 14.4. The number of hydrogen-bond acceptors (Lipinski definition) is 3. The van der Waals surface area contributed by atoms with E-state index in [0.717, 1.165) is 21.8 Å². The molecule has 0 N–H and O–H groups in total. The standard InChI is InChI=1S/C19H19ClN2OS2/c1-4-22-16-9-12(2)13(3)10-17(16)25-19(22)21-18(23)11-24-15-7-5-14(20)6-8-15/h5-10H,4,11H2,1-3H3. The molecule has 0 unspecified atom stereocenters. The molecule has 3 nitrogen and oxygen atoms in total. The Hall–Kier alpha value is -1.56. The van der Waals surface area contributed by atoms with E-state index in [1.54, 1.807) is 11.3 Å². The molecule has 1 heterocycles. The van der Waals surface area contributed by atoms with Crippen LogP contribution >= 0.6 is 34.7 Å². The summed E-state index contributed by atoms with van der Waals surface area (Å²) in [5.74, 6) is 0.194. The number of rotatable bonds is 4. The molecule has 0 aliphatic heterocycles. The van der Waals surface area contributed by atoms with Crippen molar-refractivity contribution in [3.05, 3.63) is 57.3 Å². The van der Waals surface area contributed by atoms with Gasteiger partial charge in [-0.2, -0.15) is 4.99 Å². The van der Waals surface area contributed by atoms with Crippen LogP contribution in [0.25, 0.3) is 10.2 Å². The van der Waals surface area contributed by atoms with Crippen LogP contribution in [-0.4, -0.2) is 16.2 Å². The number of thioether (sulfide) groups is 1. The topological polar surface area (TPSA) is 34.4 Å². The van der Waals surface area contributed by atoms with Crippen LogP contribution in [-0.2, 0) is 11.3 Å². The quantitative estimate of drug-likeness (QED) is 0.573. The van der Waals surface area contributed by atoms with Gasteiger partial charge in [0.2, 0.25) is 0 Å². The molecule has 1 aromatic heterocycles. The van der Waals surface area contributed by atoms with Crippen molar-refractivity contribution in [1.29, 1.82) is 0 Å². The van der Waals surface area contributed by atoms with E-state index in [9.17, 15) is 4.79 Å². The average Bonchev–Trinajstić information content (AvgIpc) is 2.90. The number of fused-ring (bicyclic) bond motifs is 1. The van der Waals surface area contributed by atoms with Crippen LogP contribution < -0.4 is 4.80 Å². The molecule has 130 valence electrons. The minimum Gasteiger partial charge on any atom is -0.317 e. The number of aryl methyl sites for hydroxylation is 3. The number of thiazole rings is 1. The number of nitrogens with zero attached hydrogens (tertiary/aromatic N) is 2. The number of carbonyl (C=O) groups is 1. The number of hydrogen-bond donors (Lipinski definition) is 0. The molecule has 0 spiro atoms. The third-order valence-corrected chi connectivity index (χ3v) is 6.30. The van der Waals surface area contributed by atoms with Crippen molar-refractivity contribution in [3.63, 3.8) is 0 Å². The number of amides is 1. The van der Waals surface area contributed by atoms with E-state index >= 15 is 0 Å². The fourth-order valence-corrected chi connectivity index (χ4v) is 4.53. The maximum Gasteiger partial charge on any atom is 0.258 e. The molecule has 0 atom stereocenters. The third kappa shape index (κ3) is 4.17. The predicted molar refractivity (Wildman–Crippen MR) is 108 cm³/mol. The molecule has 2 aromatic carbocycles. The van der Waals surface area contributed by atoms with Gasteiger partial charge in [0.15, 0.2) is 4.80 Å². The van der Waals surface area contributed by atoms with Crippen molar-refractivity contribution in [1.82, 2.24) is 4.57 Å². The second-order valence-electron chi connectivity index (χ2n) is 5.78. The Morgan fingerprint density at radius 2 is 1.88 bits per heavy atom. The Bertz CT molecular complexity index is 987. The van der Waals surface area contributed by atoms with Gasteiger partial charge in [0.1, 0.15) is 0 Å². The largest absolute Gasteiger partial charge is 0.317 e. The molecule has 3 aromatic rings. The first-order valence-corrected chi connectivity index (χ1v) is 10.2. The molecule has 1 amide bonds. The van der Waals surface area contributed by atoms with E-state index in [4.69, 9.17) is 11.6 Å². The van der Waals surface area contributed by atoms with E-state index < -0.39 is 0 Å². The Balaban J connectivity index is 1.86. The summed E-state index contributed by atoms with van der Waals surface area (Å²) in [4.78, 5) is 18.4. The lowest BCUT2D eigenvalue weighted by atomic mass is 10.1. The van der Waals surface area contributed by atoms with E-state index in [1.807, 2.05) is 24.3 Å². The minimum atomic E-state index is -0.123. The molecule has 0 bridgehead atoms. The van der Waals surface area contributed by atoms with Gasteiger partial charge in [0.25, 0.3) is 5.91 Å². The van der Waals surface area contributed by atoms with Crippen molar-refractivity contribution in [2.45, 2.75) is 32.2 Å². The highest BCUT2D eigenvalue weighted by molar-refractivity contribution is 8.00. The normalized spacial score (nSPS) is 12.1. The summed E-state index contributed by atoms with van der Waals surface area (Å²) in [6.45, 7) is 7.08. The average molecular weight is 391 g/mol. The van der Waals surface area contributed by atoms with E-state index in [2.05, 4.69) is 42.5 Å². The van der Waals surface area contributed by atoms with Gasteiger partial charge in [-0.3, -0.25) is 4.79 Å². The van der Waals surface area contributed by atoms with Gasteiger partial charge < -0.3 is 4.57 Å². The lowest BCUT2D eigenvalue weighted by Gasteiger charge is -2.03. The van der Waals surface area contributed by atoms with Gasteiger partial charge in [0, 0.05) is 16.5 Å². The smallest absolute Gasteiger partial charge is 0.258 e. The molecule has 0 aliphatic rings. The molecule has 0 saturated heterocycles. The second kappa shape index (κ2) is 7.77. The van der Waals surface area contributed by atoms with Crippen molar-refractivity contribution in [2.24, 2.45) is 4.99 Å². The van der Waals surface area contributed by atoms with Crippen molar-refractivity contribution in [2.75, 3.05) is 5.75 Å². The molecule has 0 radical (unpaired) electrons. The van der Waals surface area contributed by atoms with Gasteiger partial charge in [-0.05, 0) is 68.3 Å². The lowest BCUT2D eigenvalue weighted by molar-refractivity contribution is -0.115. The maximum absolute atomic E-state index is 12.3.